The van der Waals surface area contributed by atoms with Gasteiger partial charge in [0.15, 0.2) is 0 Å². The Labute approximate surface area is 148 Å². The number of hydrogen-bond acceptors (Lipinski definition) is 5. The molecule has 1 heterocycles. The number of hydrogen-bond donors (Lipinski definition) is 1. The van der Waals surface area contributed by atoms with Crippen LogP contribution in [0.15, 0.2) is 66.9 Å². The van der Waals surface area contributed by atoms with Crippen molar-refractivity contribution in [3.63, 3.8) is 0 Å². The summed E-state index contributed by atoms with van der Waals surface area (Å²) in [5.74, 6) is 2.33. The fraction of sp³-hybridized carbons (Fsp3) is 0.200. The zero-order valence-corrected chi connectivity index (χ0v) is 14.5. The number of rotatable bonds is 7. The molecular formula is C20H22N4O. The lowest BCUT2D eigenvalue weighted by atomic mass is 10.2. The Morgan fingerprint density at radius 3 is 2.52 bits per heavy atom. The maximum Gasteiger partial charge on any atom is 0.231 e. The Hall–Kier alpha value is -3.08. The Morgan fingerprint density at radius 2 is 1.76 bits per heavy atom. The van der Waals surface area contributed by atoms with Crippen LogP contribution in [-0.4, -0.2) is 23.6 Å². The average Bonchev–Trinajstić information content (AvgIpc) is 2.68. The molecule has 25 heavy (non-hydrogen) atoms. The highest BCUT2D eigenvalue weighted by Crippen LogP contribution is 2.23. The molecule has 1 aromatic heterocycles. The number of para-hydroxylation sites is 2. The number of nitrogens with one attached hydrogen (secondary N) is 1. The summed E-state index contributed by atoms with van der Waals surface area (Å²) in [5, 5.41) is 3.35. The van der Waals surface area contributed by atoms with Crippen molar-refractivity contribution in [3.8, 4) is 5.75 Å². The van der Waals surface area contributed by atoms with Crippen molar-refractivity contribution in [3.05, 3.63) is 72.4 Å². The summed E-state index contributed by atoms with van der Waals surface area (Å²) in [5.41, 5.74) is 2.16. The third-order valence-electron chi connectivity index (χ3n) is 3.92. The zero-order chi connectivity index (χ0) is 17.5. The van der Waals surface area contributed by atoms with E-state index >= 15 is 0 Å². The van der Waals surface area contributed by atoms with Crippen LogP contribution in [0.3, 0.4) is 0 Å². The van der Waals surface area contributed by atoms with Gasteiger partial charge in [-0.15, -0.1) is 0 Å². The van der Waals surface area contributed by atoms with E-state index in [4.69, 9.17) is 4.74 Å². The first-order chi connectivity index (χ1) is 12.3. The van der Waals surface area contributed by atoms with E-state index in [-0.39, 0.29) is 0 Å². The minimum absolute atomic E-state index is 0.637. The van der Waals surface area contributed by atoms with Crippen LogP contribution >= 0.6 is 0 Å². The Bertz CT molecular complexity index is 808. The topological polar surface area (TPSA) is 50.3 Å². The van der Waals surface area contributed by atoms with Gasteiger partial charge in [0, 0.05) is 30.5 Å². The molecule has 128 valence electrons. The van der Waals surface area contributed by atoms with Gasteiger partial charge in [-0.1, -0.05) is 36.4 Å². The molecule has 5 nitrogen and oxygen atoms in total. The lowest BCUT2D eigenvalue weighted by Gasteiger charge is -2.21. The van der Waals surface area contributed by atoms with Crippen molar-refractivity contribution in [1.29, 1.82) is 0 Å². The minimum Gasteiger partial charge on any atom is -0.496 e. The molecule has 3 aromatic rings. The number of ether oxygens (including phenoxy) is 1. The van der Waals surface area contributed by atoms with E-state index < -0.39 is 0 Å². The number of benzene rings is 2. The summed E-state index contributed by atoms with van der Waals surface area (Å²) in [6.07, 6.45) is 1.78. The zero-order valence-electron chi connectivity index (χ0n) is 14.5. The van der Waals surface area contributed by atoms with Gasteiger partial charge in [0.25, 0.3) is 0 Å². The molecule has 0 aliphatic rings. The van der Waals surface area contributed by atoms with E-state index in [1.165, 1.54) is 0 Å². The molecule has 0 spiro atoms. The van der Waals surface area contributed by atoms with Crippen LogP contribution < -0.4 is 15.0 Å². The molecule has 0 aliphatic heterocycles. The van der Waals surface area contributed by atoms with Gasteiger partial charge in [-0.05, 0) is 31.2 Å². The molecule has 0 atom stereocenters. The molecular weight excluding hydrogens is 312 g/mol. The first-order valence-electron chi connectivity index (χ1n) is 8.33. The predicted octanol–water partition coefficient (Wildman–Crippen LogP) is 4.26. The van der Waals surface area contributed by atoms with Gasteiger partial charge in [0.05, 0.1) is 7.11 Å². The van der Waals surface area contributed by atoms with Crippen molar-refractivity contribution >= 4 is 17.5 Å². The number of nitrogens with zero attached hydrogens (tertiary/aromatic N) is 3. The largest absolute Gasteiger partial charge is 0.496 e. The third-order valence-corrected chi connectivity index (χ3v) is 3.92. The SMILES string of the molecule is CCN(c1ccccc1)c1nccc(NCc2ccccc2OC)n1. The molecule has 0 bridgehead atoms. The summed E-state index contributed by atoms with van der Waals surface area (Å²) >= 11 is 0. The van der Waals surface area contributed by atoms with E-state index in [0.717, 1.165) is 29.4 Å². The summed E-state index contributed by atoms with van der Waals surface area (Å²) < 4.78 is 5.39. The second kappa shape index (κ2) is 8.15. The van der Waals surface area contributed by atoms with Crippen molar-refractivity contribution in [2.45, 2.75) is 13.5 Å². The normalized spacial score (nSPS) is 10.3. The van der Waals surface area contributed by atoms with E-state index in [2.05, 4.69) is 39.2 Å². The fourth-order valence-corrected chi connectivity index (χ4v) is 2.66. The fourth-order valence-electron chi connectivity index (χ4n) is 2.66. The first kappa shape index (κ1) is 16.8. The predicted molar refractivity (Wildman–Crippen MR) is 101 cm³/mol. The number of aromatic nitrogens is 2. The average molecular weight is 334 g/mol. The third kappa shape index (κ3) is 4.07. The Kier molecular flexibility index (Phi) is 5.46. The van der Waals surface area contributed by atoms with Gasteiger partial charge in [0.2, 0.25) is 5.95 Å². The molecule has 5 heteroatoms. The quantitative estimate of drug-likeness (QED) is 0.700. The van der Waals surface area contributed by atoms with Crippen molar-refractivity contribution in [2.24, 2.45) is 0 Å². The van der Waals surface area contributed by atoms with Gasteiger partial charge in [-0.25, -0.2) is 4.98 Å². The van der Waals surface area contributed by atoms with Gasteiger partial charge in [-0.3, -0.25) is 0 Å². The maximum atomic E-state index is 5.39. The number of methoxy groups -OCH3 is 1. The van der Waals surface area contributed by atoms with Crippen LogP contribution in [0.5, 0.6) is 5.75 Å². The number of anilines is 3. The van der Waals surface area contributed by atoms with E-state index in [1.807, 2.05) is 48.5 Å². The van der Waals surface area contributed by atoms with Crippen molar-refractivity contribution < 1.29 is 4.74 Å². The summed E-state index contributed by atoms with van der Waals surface area (Å²) in [6.45, 7) is 3.52. The van der Waals surface area contributed by atoms with Crippen LogP contribution in [0.4, 0.5) is 17.5 Å². The van der Waals surface area contributed by atoms with Crippen LogP contribution in [0.2, 0.25) is 0 Å². The maximum absolute atomic E-state index is 5.39. The van der Waals surface area contributed by atoms with Crippen molar-refractivity contribution in [2.75, 3.05) is 23.9 Å². The van der Waals surface area contributed by atoms with E-state index in [0.29, 0.717) is 12.5 Å². The minimum atomic E-state index is 0.637. The molecule has 0 unspecified atom stereocenters. The lowest BCUT2D eigenvalue weighted by Crippen LogP contribution is -2.19. The van der Waals surface area contributed by atoms with E-state index in [9.17, 15) is 0 Å². The highest BCUT2D eigenvalue weighted by Gasteiger charge is 2.10. The standard InChI is InChI=1S/C20H22N4O/c1-3-24(17-10-5-4-6-11-17)20-21-14-13-19(23-20)22-15-16-9-7-8-12-18(16)25-2/h4-14H,3,15H2,1-2H3,(H,21,22,23). The highest BCUT2D eigenvalue weighted by atomic mass is 16.5. The highest BCUT2D eigenvalue weighted by molar-refractivity contribution is 5.58. The lowest BCUT2D eigenvalue weighted by molar-refractivity contribution is 0.410. The van der Waals surface area contributed by atoms with Gasteiger partial charge >= 0.3 is 0 Å². The van der Waals surface area contributed by atoms with Crippen LogP contribution in [0.25, 0.3) is 0 Å². The monoisotopic (exact) mass is 334 g/mol. The van der Waals surface area contributed by atoms with Crippen LogP contribution in [0.1, 0.15) is 12.5 Å². The van der Waals surface area contributed by atoms with Crippen LogP contribution in [0, 0.1) is 0 Å². The smallest absolute Gasteiger partial charge is 0.231 e. The molecule has 0 saturated carbocycles. The molecule has 3 rings (SSSR count). The van der Waals surface area contributed by atoms with Crippen molar-refractivity contribution in [1.82, 2.24) is 9.97 Å². The first-order valence-corrected chi connectivity index (χ1v) is 8.33. The van der Waals surface area contributed by atoms with Crippen LogP contribution in [-0.2, 0) is 6.54 Å². The molecule has 0 amide bonds. The van der Waals surface area contributed by atoms with Gasteiger partial charge in [-0.2, -0.15) is 4.98 Å². The molecule has 0 saturated heterocycles. The second-order valence-corrected chi connectivity index (χ2v) is 5.49. The van der Waals surface area contributed by atoms with Gasteiger partial charge < -0.3 is 15.0 Å². The van der Waals surface area contributed by atoms with E-state index in [1.54, 1.807) is 13.3 Å². The Morgan fingerprint density at radius 1 is 1.00 bits per heavy atom. The second-order valence-electron chi connectivity index (χ2n) is 5.49. The molecule has 0 aliphatic carbocycles. The molecule has 2 aromatic carbocycles. The Balaban J connectivity index is 1.77. The van der Waals surface area contributed by atoms with Gasteiger partial charge in [0.1, 0.15) is 11.6 Å². The molecule has 0 radical (unpaired) electrons. The summed E-state index contributed by atoms with van der Waals surface area (Å²) in [7, 11) is 1.68. The molecule has 0 fully saturated rings. The molecule has 1 N–H and O–H groups in total. The summed E-state index contributed by atoms with van der Waals surface area (Å²) in [6, 6.07) is 20.0. The summed E-state index contributed by atoms with van der Waals surface area (Å²) in [4.78, 5) is 11.2.